The summed E-state index contributed by atoms with van der Waals surface area (Å²) >= 11 is 1.39. The van der Waals surface area contributed by atoms with Crippen molar-refractivity contribution in [1.29, 1.82) is 5.26 Å². The van der Waals surface area contributed by atoms with Crippen molar-refractivity contribution in [2.24, 2.45) is 0 Å². The molecule has 3 aromatic rings. The summed E-state index contributed by atoms with van der Waals surface area (Å²) in [5.41, 5.74) is 2.80. The van der Waals surface area contributed by atoms with E-state index in [0.29, 0.717) is 16.3 Å². The number of thiazole rings is 1. The van der Waals surface area contributed by atoms with Crippen LogP contribution in [0.25, 0.3) is 16.8 Å². The molecule has 1 aromatic heterocycles. The van der Waals surface area contributed by atoms with Crippen molar-refractivity contribution >= 4 is 22.6 Å². The molecule has 0 radical (unpaired) electrons. The highest BCUT2D eigenvalue weighted by Crippen LogP contribution is 2.28. The second kappa shape index (κ2) is 7.60. The predicted octanol–water partition coefficient (Wildman–Crippen LogP) is 4.93. The summed E-state index contributed by atoms with van der Waals surface area (Å²) < 4.78 is 18.1. The molecule has 0 aliphatic carbocycles. The second-order valence-corrected chi connectivity index (χ2v) is 5.95. The van der Waals surface area contributed by atoms with Crippen molar-refractivity contribution < 1.29 is 9.13 Å². The number of ether oxygens (including phenoxy) is 1. The van der Waals surface area contributed by atoms with Crippen molar-refractivity contribution in [1.82, 2.24) is 4.98 Å². The minimum atomic E-state index is -0.308. The van der Waals surface area contributed by atoms with Crippen LogP contribution < -0.4 is 10.1 Å². The predicted molar refractivity (Wildman–Crippen MR) is 97.7 cm³/mol. The van der Waals surface area contributed by atoms with Crippen LogP contribution in [0, 0.1) is 17.1 Å². The molecule has 3 rings (SSSR count). The maximum atomic E-state index is 12.9. The molecule has 0 atom stereocenters. The Balaban J connectivity index is 1.82. The van der Waals surface area contributed by atoms with Crippen molar-refractivity contribution in [2.45, 2.75) is 0 Å². The summed E-state index contributed by atoms with van der Waals surface area (Å²) in [7, 11) is 1.61. The highest BCUT2D eigenvalue weighted by molar-refractivity contribution is 7.11. The number of anilines is 1. The normalized spacial score (nSPS) is 11.0. The van der Waals surface area contributed by atoms with E-state index < -0.39 is 0 Å². The molecular weight excluding hydrogens is 337 g/mol. The minimum absolute atomic E-state index is 0.308. The molecule has 0 bridgehead atoms. The zero-order valence-corrected chi connectivity index (χ0v) is 14.2. The Bertz CT molecular complexity index is 942. The van der Waals surface area contributed by atoms with Gasteiger partial charge in [-0.05, 0) is 36.4 Å². The first-order valence-electron chi connectivity index (χ1n) is 7.42. The summed E-state index contributed by atoms with van der Waals surface area (Å²) in [5, 5.41) is 14.9. The van der Waals surface area contributed by atoms with Crippen LogP contribution in [0.5, 0.6) is 5.75 Å². The molecule has 0 amide bonds. The molecule has 25 heavy (non-hydrogen) atoms. The number of benzene rings is 2. The summed E-state index contributed by atoms with van der Waals surface area (Å²) in [6.07, 6.45) is 1.57. The van der Waals surface area contributed by atoms with Gasteiger partial charge in [-0.3, -0.25) is 0 Å². The molecule has 0 spiro atoms. The first kappa shape index (κ1) is 16.7. The molecule has 1 N–H and O–H groups in total. The van der Waals surface area contributed by atoms with Gasteiger partial charge in [0.1, 0.15) is 28.2 Å². The molecule has 2 aromatic carbocycles. The number of hydrogen-bond acceptors (Lipinski definition) is 5. The number of nitrogens with zero attached hydrogens (tertiary/aromatic N) is 2. The van der Waals surface area contributed by atoms with E-state index in [0.717, 1.165) is 17.0 Å². The van der Waals surface area contributed by atoms with E-state index in [9.17, 15) is 9.65 Å². The standard InChI is InChI=1S/C19H14FN3OS/c1-24-17-4-2-3-13(9-17)18-12-25-19(23-18)14(10-21)11-22-16-7-5-15(20)6-8-16/h2-9,11-12,22H,1H3. The summed E-state index contributed by atoms with van der Waals surface area (Å²) in [6.45, 7) is 0. The average molecular weight is 351 g/mol. The number of methoxy groups -OCH3 is 1. The molecule has 0 aliphatic rings. The third-order valence-corrected chi connectivity index (χ3v) is 4.32. The first-order chi connectivity index (χ1) is 12.2. The van der Waals surface area contributed by atoms with Crippen LogP contribution in [0.3, 0.4) is 0 Å². The number of nitriles is 1. The van der Waals surface area contributed by atoms with Gasteiger partial charge in [-0.2, -0.15) is 5.26 Å². The Hall–Kier alpha value is -3.17. The molecule has 0 fully saturated rings. The number of aromatic nitrogens is 1. The van der Waals surface area contributed by atoms with E-state index in [-0.39, 0.29) is 5.82 Å². The van der Waals surface area contributed by atoms with Gasteiger partial charge in [-0.1, -0.05) is 12.1 Å². The maximum absolute atomic E-state index is 12.9. The number of hydrogen-bond donors (Lipinski definition) is 1. The van der Waals surface area contributed by atoms with Gasteiger partial charge in [0, 0.05) is 22.8 Å². The zero-order valence-electron chi connectivity index (χ0n) is 13.4. The Morgan fingerprint density at radius 2 is 2.08 bits per heavy atom. The maximum Gasteiger partial charge on any atom is 0.136 e. The molecule has 1 heterocycles. The minimum Gasteiger partial charge on any atom is -0.497 e. The molecule has 6 heteroatoms. The first-order valence-corrected chi connectivity index (χ1v) is 8.30. The summed E-state index contributed by atoms with van der Waals surface area (Å²) in [4.78, 5) is 4.53. The molecule has 0 saturated heterocycles. The summed E-state index contributed by atoms with van der Waals surface area (Å²) in [6, 6.07) is 15.6. The Labute approximate surface area is 148 Å². The van der Waals surface area contributed by atoms with Gasteiger partial charge in [0.25, 0.3) is 0 Å². The van der Waals surface area contributed by atoms with Crippen LogP contribution in [0.4, 0.5) is 10.1 Å². The molecular formula is C19H14FN3OS. The number of nitrogens with one attached hydrogen (secondary N) is 1. The van der Waals surface area contributed by atoms with Gasteiger partial charge in [0.2, 0.25) is 0 Å². The number of halogens is 1. The van der Waals surface area contributed by atoms with Gasteiger partial charge < -0.3 is 10.1 Å². The quantitative estimate of drug-likeness (QED) is 0.662. The smallest absolute Gasteiger partial charge is 0.136 e. The van der Waals surface area contributed by atoms with Crippen LogP contribution in [-0.2, 0) is 0 Å². The monoisotopic (exact) mass is 351 g/mol. The Kier molecular flexibility index (Phi) is 5.07. The van der Waals surface area contributed by atoms with Crippen molar-refractivity contribution in [3.63, 3.8) is 0 Å². The Morgan fingerprint density at radius 1 is 1.28 bits per heavy atom. The van der Waals surface area contributed by atoms with Gasteiger partial charge in [-0.25, -0.2) is 9.37 Å². The number of allylic oxidation sites excluding steroid dienone is 1. The SMILES string of the molecule is COc1cccc(-c2csc(C(C#N)=CNc3ccc(F)cc3)n2)c1. The van der Waals surface area contributed by atoms with Crippen LogP contribution in [0.15, 0.2) is 60.1 Å². The Morgan fingerprint density at radius 3 is 2.80 bits per heavy atom. The lowest BCUT2D eigenvalue weighted by molar-refractivity contribution is 0.415. The van der Waals surface area contributed by atoms with Gasteiger partial charge in [0.15, 0.2) is 0 Å². The van der Waals surface area contributed by atoms with Crippen LogP contribution in [0.2, 0.25) is 0 Å². The fourth-order valence-corrected chi connectivity index (χ4v) is 2.95. The fourth-order valence-electron chi connectivity index (χ4n) is 2.16. The van der Waals surface area contributed by atoms with E-state index >= 15 is 0 Å². The molecule has 0 aliphatic heterocycles. The third kappa shape index (κ3) is 4.03. The largest absolute Gasteiger partial charge is 0.497 e. The van der Waals surface area contributed by atoms with E-state index in [1.54, 1.807) is 25.4 Å². The van der Waals surface area contributed by atoms with E-state index in [2.05, 4.69) is 16.4 Å². The lowest BCUT2D eigenvalue weighted by Crippen LogP contribution is -1.91. The fraction of sp³-hybridized carbons (Fsp3) is 0.0526. The lowest BCUT2D eigenvalue weighted by Gasteiger charge is -2.02. The molecule has 4 nitrogen and oxygen atoms in total. The van der Waals surface area contributed by atoms with Crippen molar-refractivity contribution in [3.05, 3.63) is 70.9 Å². The van der Waals surface area contributed by atoms with Gasteiger partial charge in [-0.15, -0.1) is 11.3 Å². The highest BCUT2D eigenvalue weighted by atomic mass is 32.1. The molecule has 124 valence electrons. The van der Waals surface area contributed by atoms with Crippen LogP contribution in [0.1, 0.15) is 5.01 Å². The van der Waals surface area contributed by atoms with E-state index in [4.69, 9.17) is 4.74 Å². The van der Waals surface area contributed by atoms with Crippen molar-refractivity contribution in [2.75, 3.05) is 12.4 Å². The van der Waals surface area contributed by atoms with Crippen LogP contribution in [-0.4, -0.2) is 12.1 Å². The van der Waals surface area contributed by atoms with E-state index in [1.165, 1.54) is 23.5 Å². The van der Waals surface area contributed by atoms with E-state index in [1.807, 2.05) is 29.6 Å². The third-order valence-electron chi connectivity index (χ3n) is 3.45. The molecule has 0 unspecified atom stereocenters. The highest BCUT2D eigenvalue weighted by Gasteiger charge is 2.09. The van der Waals surface area contributed by atoms with Crippen molar-refractivity contribution in [3.8, 4) is 23.1 Å². The average Bonchev–Trinajstić information content (AvgIpc) is 3.14. The molecule has 0 saturated carbocycles. The topological polar surface area (TPSA) is 57.9 Å². The second-order valence-electron chi connectivity index (χ2n) is 5.09. The number of rotatable bonds is 5. The lowest BCUT2D eigenvalue weighted by atomic mass is 10.1. The van der Waals surface area contributed by atoms with Crippen LogP contribution >= 0.6 is 11.3 Å². The zero-order chi connectivity index (χ0) is 17.6. The summed E-state index contributed by atoms with van der Waals surface area (Å²) in [5.74, 6) is 0.443. The van der Waals surface area contributed by atoms with Gasteiger partial charge in [0.05, 0.1) is 12.8 Å². The van der Waals surface area contributed by atoms with Gasteiger partial charge >= 0.3 is 0 Å².